The summed E-state index contributed by atoms with van der Waals surface area (Å²) in [5, 5.41) is 9.53. The number of aromatic amines is 1. The fourth-order valence-electron chi connectivity index (χ4n) is 2.58. The summed E-state index contributed by atoms with van der Waals surface area (Å²) >= 11 is 5.83. The number of nitrogens with one attached hydrogen (secondary N) is 1. The van der Waals surface area contributed by atoms with Gasteiger partial charge in [-0.25, -0.2) is 4.79 Å². The monoisotopic (exact) mass is 304 g/mol. The van der Waals surface area contributed by atoms with Gasteiger partial charge < -0.3 is 15.0 Å². The second-order valence-corrected chi connectivity index (χ2v) is 5.38. The summed E-state index contributed by atoms with van der Waals surface area (Å²) < 4.78 is 0. The molecule has 1 aliphatic heterocycles. The molecule has 5 nitrogen and oxygen atoms in total. The molecule has 2 N–H and O–H groups in total. The van der Waals surface area contributed by atoms with Crippen LogP contribution in [0.1, 0.15) is 32.8 Å². The van der Waals surface area contributed by atoms with Crippen LogP contribution in [0.4, 0.5) is 5.69 Å². The highest BCUT2D eigenvalue weighted by Crippen LogP contribution is 2.29. The molecule has 1 aliphatic rings. The maximum Gasteiger partial charge on any atom is 0.335 e. The fraction of sp³-hybridized carbons (Fsp3) is 0.200. The smallest absolute Gasteiger partial charge is 0.335 e. The molecule has 0 spiro atoms. The standard InChI is InChI=1S/C15H13ClN2O3/c16-11-7-12(17-8-11)14(19)18-5-1-2-9-6-10(15(20)21)3-4-13(9)18/h3-4,6-8,17H,1-2,5H2,(H,20,21). The Hall–Kier alpha value is -2.27. The van der Waals surface area contributed by atoms with Gasteiger partial charge in [0.2, 0.25) is 0 Å². The highest BCUT2D eigenvalue weighted by atomic mass is 35.5. The van der Waals surface area contributed by atoms with Gasteiger partial charge in [0, 0.05) is 18.4 Å². The quantitative estimate of drug-likeness (QED) is 0.896. The van der Waals surface area contributed by atoms with E-state index in [9.17, 15) is 9.59 Å². The number of fused-ring (bicyclic) bond motifs is 1. The highest BCUT2D eigenvalue weighted by molar-refractivity contribution is 6.31. The zero-order chi connectivity index (χ0) is 15.0. The first-order chi connectivity index (χ1) is 10.1. The molecule has 0 radical (unpaired) electrons. The molecule has 3 rings (SSSR count). The molecule has 0 saturated heterocycles. The van der Waals surface area contributed by atoms with Gasteiger partial charge in [-0.1, -0.05) is 11.6 Å². The zero-order valence-electron chi connectivity index (χ0n) is 11.1. The van der Waals surface area contributed by atoms with Crippen molar-refractivity contribution in [3.63, 3.8) is 0 Å². The van der Waals surface area contributed by atoms with Gasteiger partial charge in [-0.05, 0) is 42.7 Å². The largest absolute Gasteiger partial charge is 0.478 e. The van der Waals surface area contributed by atoms with Crippen LogP contribution in [0.15, 0.2) is 30.5 Å². The fourth-order valence-corrected chi connectivity index (χ4v) is 2.74. The van der Waals surface area contributed by atoms with Gasteiger partial charge in [0.1, 0.15) is 5.69 Å². The Labute approximate surface area is 126 Å². The van der Waals surface area contributed by atoms with Crippen molar-refractivity contribution < 1.29 is 14.7 Å². The number of carbonyl (C=O) groups is 2. The van der Waals surface area contributed by atoms with Crippen LogP contribution in [0, 0.1) is 0 Å². The van der Waals surface area contributed by atoms with E-state index in [0.29, 0.717) is 17.3 Å². The molecule has 0 bridgehead atoms. The minimum Gasteiger partial charge on any atom is -0.478 e. The number of amides is 1. The van der Waals surface area contributed by atoms with Crippen molar-refractivity contribution in [1.29, 1.82) is 0 Å². The van der Waals surface area contributed by atoms with Gasteiger partial charge in [0.25, 0.3) is 5.91 Å². The molecule has 0 fully saturated rings. The Morgan fingerprint density at radius 3 is 2.76 bits per heavy atom. The SMILES string of the molecule is O=C(O)c1ccc2c(c1)CCCN2C(=O)c1cc(Cl)c[nH]1. The van der Waals surface area contributed by atoms with Crippen molar-refractivity contribution in [2.75, 3.05) is 11.4 Å². The van der Waals surface area contributed by atoms with Crippen LogP contribution in [0.2, 0.25) is 5.02 Å². The number of halogens is 1. The van der Waals surface area contributed by atoms with Crippen LogP contribution in [0.3, 0.4) is 0 Å². The Morgan fingerprint density at radius 2 is 2.10 bits per heavy atom. The van der Waals surface area contributed by atoms with Crippen molar-refractivity contribution >= 4 is 29.2 Å². The van der Waals surface area contributed by atoms with Gasteiger partial charge in [0.05, 0.1) is 10.6 Å². The number of H-pyrrole nitrogens is 1. The first-order valence-electron chi connectivity index (χ1n) is 6.58. The molecule has 108 valence electrons. The van der Waals surface area contributed by atoms with E-state index in [2.05, 4.69) is 4.98 Å². The lowest BCUT2D eigenvalue weighted by Gasteiger charge is -2.29. The summed E-state index contributed by atoms with van der Waals surface area (Å²) in [4.78, 5) is 28.0. The lowest BCUT2D eigenvalue weighted by Crippen LogP contribution is -2.35. The van der Waals surface area contributed by atoms with Crippen LogP contribution in [-0.2, 0) is 6.42 Å². The average molecular weight is 305 g/mol. The number of aromatic nitrogens is 1. The highest BCUT2D eigenvalue weighted by Gasteiger charge is 2.25. The minimum absolute atomic E-state index is 0.161. The van der Waals surface area contributed by atoms with Crippen LogP contribution >= 0.6 is 11.6 Å². The van der Waals surface area contributed by atoms with E-state index in [1.807, 2.05) is 0 Å². The van der Waals surface area contributed by atoms with Gasteiger partial charge in [0.15, 0.2) is 0 Å². The summed E-state index contributed by atoms with van der Waals surface area (Å²) in [5.41, 5.74) is 2.32. The summed E-state index contributed by atoms with van der Waals surface area (Å²) in [5.74, 6) is -1.12. The van der Waals surface area contributed by atoms with Crippen LogP contribution < -0.4 is 4.90 Å². The average Bonchev–Trinajstić information content (AvgIpc) is 2.91. The molecule has 1 aromatic heterocycles. The number of benzene rings is 1. The first-order valence-corrected chi connectivity index (χ1v) is 6.96. The molecule has 21 heavy (non-hydrogen) atoms. The number of nitrogens with zero attached hydrogens (tertiary/aromatic N) is 1. The number of aromatic carboxylic acids is 1. The van der Waals surface area contributed by atoms with E-state index in [4.69, 9.17) is 16.7 Å². The Morgan fingerprint density at radius 1 is 1.29 bits per heavy atom. The maximum atomic E-state index is 12.5. The molecule has 2 aromatic rings. The van der Waals surface area contributed by atoms with Gasteiger partial charge in [-0.2, -0.15) is 0 Å². The van der Waals surface area contributed by atoms with Gasteiger partial charge in [-0.3, -0.25) is 4.79 Å². The molecule has 0 saturated carbocycles. The molecular weight excluding hydrogens is 292 g/mol. The van der Waals surface area contributed by atoms with Crippen molar-refractivity contribution in [2.45, 2.75) is 12.8 Å². The summed E-state index contributed by atoms with van der Waals surface area (Å²) in [6.45, 7) is 0.606. The minimum atomic E-state index is -0.961. The number of carbonyl (C=O) groups excluding carboxylic acids is 1. The van der Waals surface area contributed by atoms with Crippen molar-refractivity contribution in [1.82, 2.24) is 4.98 Å². The molecule has 1 amide bonds. The number of hydrogen-bond acceptors (Lipinski definition) is 2. The van der Waals surface area contributed by atoms with E-state index < -0.39 is 5.97 Å². The van der Waals surface area contributed by atoms with Crippen molar-refractivity contribution in [3.05, 3.63) is 52.3 Å². The summed E-state index contributed by atoms with van der Waals surface area (Å²) in [7, 11) is 0. The third-order valence-corrected chi connectivity index (χ3v) is 3.79. The van der Waals surface area contributed by atoms with Crippen LogP contribution in [-0.4, -0.2) is 28.5 Å². The van der Waals surface area contributed by atoms with E-state index in [-0.39, 0.29) is 11.5 Å². The molecule has 0 unspecified atom stereocenters. The molecule has 1 aromatic carbocycles. The van der Waals surface area contributed by atoms with E-state index in [1.165, 1.54) is 6.07 Å². The number of carboxylic acid groups (broad SMARTS) is 1. The molecule has 6 heteroatoms. The Bertz CT molecular complexity index is 723. The normalized spacial score (nSPS) is 13.9. The van der Waals surface area contributed by atoms with Gasteiger partial charge >= 0.3 is 5.97 Å². The zero-order valence-corrected chi connectivity index (χ0v) is 11.9. The van der Waals surface area contributed by atoms with Gasteiger partial charge in [-0.15, -0.1) is 0 Å². The molecule has 2 heterocycles. The van der Waals surface area contributed by atoms with Crippen molar-refractivity contribution in [2.24, 2.45) is 0 Å². The second kappa shape index (κ2) is 5.26. The molecular formula is C15H13ClN2O3. The molecule has 0 aliphatic carbocycles. The third-order valence-electron chi connectivity index (χ3n) is 3.57. The van der Waals surface area contributed by atoms with Crippen molar-refractivity contribution in [3.8, 4) is 0 Å². The van der Waals surface area contributed by atoms with Crippen LogP contribution in [0.5, 0.6) is 0 Å². The van der Waals surface area contributed by atoms with E-state index in [1.54, 1.807) is 29.3 Å². The number of anilines is 1. The number of aryl methyl sites for hydroxylation is 1. The maximum absolute atomic E-state index is 12.5. The number of hydrogen-bond donors (Lipinski definition) is 2. The number of carboxylic acids is 1. The molecule has 0 atom stereocenters. The summed E-state index contributed by atoms with van der Waals surface area (Å²) in [6.07, 6.45) is 3.13. The van der Waals surface area contributed by atoms with E-state index >= 15 is 0 Å². The third kappa shape index (κ3) is 2.52. The summed E-state index contributed by atoms with van der Waals surface area (Å²) in [6, 6.07) is 6.44. The second-order valence-electron chi connectivity index (χ2n) is 4.94. The number of rotatable bonds is 2. The topological polar surface area (TPSA) is 73.4 Å². The lowest BCUT2D eigenvalue weighted by atomic mass is 9.99. The predicted octanol–water partition coefficient (Wildman–Crippen LogP) is 2.96. The Kier molecular flexibility index (Phi) is 3.43. The predicted molar refractivity (Wildman–Crippen MR) is 79.2 cm³/mol. The van der Waals surface area contributed by atoms with Crippen LogP contribution in [0.25, 0.3) is 0 Å². The Balaban J connectivity index is 1.97. The van der Waals surface area contributed by atoms with E-state index in [0.717, 1.165) is 24.1 Å². The first kappa shape index (κ1) is 13.7. The lowest BCUT2D eigenvalue weighted by molar-refractivity contribution is 0.0696.